The SMILES string of the molecule is CS(C)(=O)=Nc1ccc(CC(NC(=O)OCc2ccccc2)C(=O)O)cc1. The summed E-state index contributed by atoms with van der Waals surface area (Å²) < 4.78 is 20.8. The molecule has 0 heterocycles. The second-order valence-corrected chi connectivity index (χ2v) is 8.79. The molecule has 0 bridgehead atoms. The molecule has 2 rings (SSSR count). The number of carboxylic acids is 1. The third-order valence-corrected chi connectivity index (χ3v) is 4.15. The minimum atomic E-state index is -2.26. The summed E-state index contributed by atoms with van der Waals surface area (Å²) in [6, 6.07) is 14.7. The lowest BCUT2D eigenvalue weighted by molar-refractivity contribution is -0.139. The molecular formula is C19H22N2O5S. The molecule has 0 saturated carbocycles. The topological polar surface area (TPSA) is 105 Å². The molecule has 1 amide bonds. The Bertz CT molecular complexity index is 895. The summed E-state index contributed by atoms with van der Waals surface area (Å²) in [6.07, 6.45) is 2.36. The summed E-state index contributed by atoms with van der Waals surface area (Å²) in [5.74, 6) is -1.16. The van der Waals surface area contributed by atoms with E-state index in [9.17, 15) is 18.9 Å². The molecule has 7 nitrogen and oxygen atoms in total. The number of alkyl carbamates (subject to hydrolysis) is 1. The molecule has 0 aliphatic carbocycles. The molecule has 0 fully saturated rings. The van der Waals surface area contributed by atoms with Crippen LogP contribution < -0.4 is 5.32 Å². The van der Waals surface area contributed by atoms with E-state index < -0.39 is 27.8 Å². The van der Waals surface area contributed by atoms with Crippen LogP contribution in [0.3, 0.4) is 0 Å². The van der Waals surface area contributed by atoms with Gasteiger partial charge in [-0.15, -0.1) is 0 Å². The van der Waals surface area contributed by atoms with Crippen LogP contribution in [0.4, 0.5) is 10.5 Å². The Hall–Kier alpha value is -2.87. The number of carbonyl (C=O) groups is 2. The maximum atomic E-state index is 11.9. The molecule has 0 saturated heterocycles. The molecule has 0 aliphatic rings. The van der Waals surface area contributed by atoms with Crippen LogP contribution in [0.2, 0.25) is 0 Å². The second kappa shape index (κ2) is 9.18. The van der Waals surface area contributed by atoms with Gasteiger partial charge in [0.25, 0.3) is 0 Å². The van der Waals surface area contributed by atoms with Crippen molar-refractivity contribution >= 4 is 27.5 Å². The molecule has 27 heavy (non-hydrogen) atoms. The van der Waals surface area contributed by atoms with Crippen LogP contribution in [-0.4, -0.2) is 39.9 Å². The van der Waals surface area contributed by atoms with Gasteiger partial charge in [0, 0.05) is 28.7 Å². The Morgan fingerprint density at radius 3 is 2.26 bits per heavy atom. The Morgan fingerprint density at radius 1 is 1.07 bits per heavy atom. The molecule has 0 spiro atoms. The van der Waals surface area contributed by atoms with E-state index in [-0.39, 0.29) is 13.0 Å². The van der Waals surface area contributed by atoms with E-state index in [1.165, 1.54) is 12.5 Å². The highest BCUT2D eigenvalue weighted by Gasteiger charge is 2.21. The Labute approximate surface area is 158 Å². The van der Waals surface area contributed by atoms with Crippen molar-refractivity contribution in [2.24, 2.45) is 4.36 Å². The van der Waals surface area contributed by atoms with E-state index in [1.54, 1.807) is 36.4 Å². The zero-order valence-electron chi connectivity index (χ0n) is 15.1. The summed E-state index contributed by atoms with van der Waals surface area (Å²) in [6.45, 7) is 0.0581. The van der Waals surface area contributed by atoms with E-state index in [0.29, 0.717) is 11.3 Å². The van der Waals surface area contributed by atoms with Crippen LogP contribution in [0.25, 0.3) is 0 Å². The molecule has 0 aliphatic heterocycles. The first-order chi connectivity index (χ1) is 12.7. The largest absolute Gasteiger partial charge is 0.480 e. The summed E-state index contributed by atoms with van der Waals surface area (Å²) in [7, 11) is -2.26. The van der Waals surface area contributed by atoms with E-state index in [1.807, 2.05) is 18.2 Å². The van der Waals surface area contributed by atoms with Crippen LogP contribution in [0, 0.1) is 0 Å². The van der Waals surface area contributed by atoms with Gasteiger partial charge in [-0.2, -0.15) is 4.36 Å². The smallest absolute Gasteiger partial charge is 0.408 e. The predicted molar refractivity (Wildman–Crippen MR) is 103 cm³/mol. The van der Waals surface area contributed by atoms with Crippen molar-refractivity contribution in [1.82, 2.24) is 5.32 Å². The summed E-state index contributed by atoms with van der Waals surface area (Å²) >= 11 is 0. The highest BCUT2D eigenvalue weighted by Crippen LogP contribution is 2.16. The third kappa shape index (κ3) is 7.49. The zero-order valence-corrected chi connectivity index (χ0v) is 15.9. The lowest BCUT2D eigenvalue weighted by atomic mass is 10.1. The number of hydrogen-bond donors (Lipinski definition) is 2. The number of aliphatic carboxylic acids is 1. The first-order valence-electron chi connectivity index (χ1n) is 8.19. The quantitative estimate of drug-likeness (QED) is 0.756. The van der Waals surface area contributed by atoms with Crippen molar-refractivity contribution in [1.29, 1.82) is 0 Å². The van der Waals surface area contributed by atoms with Crippen LogP contribution in [0.5, 0.6) is 0 Å². The summed E-state index contributed by atoms with van der Waals surface area (Å²) in [5.41, 5.74) is 2.06. The molecule has 144 valence electrons. The van der Waals surface area contributed by atoms with Gasteiger partial charge in [0.2, 0.25) is 0 Å². The minimum Gasteiger partial charge on any atom is -0.480 e. The number of nitrogens with zero attached hydrogens (tertiary/aromatic N) is 1. The van der Waals surface area contributed by atoms with E-state index in [0.717, 1.165) is 5.56 Å². The number of carbonyl (C=O) groups excluding carboxylic acids is 1. The average molecular weight is 390 g/mol. The fourth-order valence-corrected chi connectivity index (χ4v) is 2.92. The maximum absolute atomic E-state index is 11.9. The van der Waals surface area contributed by atoms with Crippen LogP contribution >= 0.6 is 0 Å². The number of ether oxygens (including phenoxy) is 1. The van der Waals surface area contributed by atoms with Gasteiger partial charge in [0.15, 0.2) is 0 Å². The molecule has 1 atom stereocenters. The number of benzene rings is 2. The zero-order chi connectivity index (χ0) is 19.9. The van der Waals surface area contributed by atoms with Crippen molar-refractivity contribution in [3.63, 3.8) is 0 Å². The Kier molecular flexibility index (Phi) is 6.95. The van der Waals surface area contributed by atoms with E-state index in [4.69, 9.17) is 4.74 Å². The molecule has 1 unspecified atom stereocenters. The van der Waals surface area contributed by atoms with Gasteiger partial charge in [-0.25, -0.2) is 13.8 Å². The minimum absolute atomic E-state index is 0.0581. The van der Waals surface area contributed by atoms with Gasteiger partial charge in [0.05, 0.1) is 5.69 Å². The first kappa shape index (κ1) is 20.4. The van der Waals surface area contributed by atoms with Gasteiger partial charge in [-0.3, -0.25) is 0 Å². The monoisotopic (exact) mass is 390 g/mol. The fraction of sp³-hybridized carbons (Fsp3) is 0.263. The van der Waals surface area contributed by atoms with Gasteiger partial charge >= 0.3 is 12.1 Å². The molecule has 2 aromatic rings. The van der Waals surface area contributed by atoms with E-state index >= 15 is 0 Å². The number of amides is 1. The molecule has 2 aromatic carbocycles. The standard InChI is InChI=1S/C19H22N2O5S/c1-27(2,25)21-16-10-8-14(9-11-16)12-17(18(22)23)20-19(24)26-13-15-6-4-3-5-7-15/h3-11,17H,12-13H2,1-2H3,(H,20,24)(H,22,23). The van der Waals surface area contributed by atoms with Crippen molar-refractivity contribution in [2.75, 3.05) is 12.5 Å². The summed E-state index contributed by atoms with van der Waals surface area (Å²) in [4.78, 5) is 23.3. The molecule has 2 N–H and O–H groups in total. The van der Waals surface area contributed by atoms with Crippen LogP contribution in [0.15, 0.2) is 59.0 Å². The number of rotatable bonds is 7. The number of carboxylic acid groups (broad SMARTS) is 1. The van der Waals surface area contributed by atoms with Crippen molar-refractivity contribution in [2.45, 2.75) is 19.1 Å². The van der Waals surface area contributed by atoms with Crippen LogP contribution in [-0.2, 0) is 32.3 Å². The average Bonchev–Trinajstić information content (AvgIpc) is 2.60. The van der Waals surface area contributed by atoms with Gasteiger partial charge in [-0.1, -0.05) is 42.5 Å². The van der Waals surface area contributed by atoms with Crippen molar-refractivity contribution in [3.8, 4) is 0 Å². The van der Waals surface area contributed by atoms with Gasteiger partial charge < -0.3 is 15.2 Å². The highest BCUT2D eigenvalue weighted by molar-refractivity contribution is 7.92. The number of nitrogens with one attached hydrogen (secondary N) is 1. The van der Waals surface area contributed by atoms with Crippen molar-refractivity contribution in [3.05, 3.63) is 65.7 Å². The maximum Gasteiger partial charge on any atom is 0.408 e. The predicted octanol–water partition coefficient (Wildman–Crippen LogP) is 2.97. The first-order valence-corrected chi connectivity index (χ1v) is 10.5. The van der Waals surface area contributed by atoms with Crippen molar-refractivity contribution < 1.29 is 23.6 Å². The van der Waals surface area contributed by atoms with Gasteiger partial charge in [-0.05, 0) is 23.3 Å². The lowest BCUT2D eigenvalue weighted by Gasteiger charge is -2.15. The summed E-state index contributed by atoms with van der Waals surface area (Å²) in [5, 5.41) is 11.7. The Balaban J connectivity index is 1.96. The number of hydrogen-bond acceptors (Lipinski definition) is 5. The molecular weight excluding hydrogens is 368 g/mol. The second-order valence-electron chi connectivity index (χ2n) is 6.24. The van der Waals surface area contributed by atoms with Crippen LogP contribution in [0.1, 0.15) is 11.1 Å². The third-order valence-electron chi connectivity index (χ3n) is 3.50. The normalized spacial score (nSPS) is 12.1. The molecule has 0 radical (unpaired) electrons. The van der Waals surface area contributed by atoms with E-state index in [2.05, 4.69) is 9.68 Å². The molecule has 8 heteroatoms. The Morgan fingerprint density at radius 2 is 1.70 bits per heavy atom. The lowest BCUT2D eigenvalue weighted by Crippen LogP contribution is -2.42. The van der Waals surface area contributed by atoms with Gasteiger partial charge in [0.1, 0.15) is 12.6 Å². The molecule has 0 aromatic heterocycles. The fourth-order valence-electron chi connectivity index (χ4n) is 2.29. The highest BCUT2D eigenvalue weighted by atomic mass is 32.2.